The highest BCUT2D eigenvalue weighted by Gasteiger charge is 2.38. The second-order valence-corrected chi connectivity index (χ2v) is 5.60. The van der Waals surface area contributed by atoms with Crippen molar-refractivity contribution in [1.29, 1.82) is 0 Å². The van der Waals surface area contributed by atoms with Crippen LogP contribution >= 0.6 is 0 Å². The van der Waals surface area contributed by atoms with E-state index in [1.54, 1.807) is 6.92 Å². The third kappa shape index (κ3) is 6.84. The summed E-state index contributed by atoms with van der Waals surface area (Å²) >= 11 is 0. The third-order valence-corrected chi connectivity index (χ3v) is 3.68. The maximum Gasteiger partial charge on any atom is 0.111 e. The van der Waals surface area contributed by atoms with Crippen LogP contribution in [0.25, 0.3) is 0 Å². The fraction of sp³-hybridized carbons (Fsp3) is 1.00. The fourth-order valence-corrected chi connectivity index (χ4v) is 2.16. The van der Waals surface area contributed by atoms with Gasteiger partial charge in [-0.3, -0.25) is 0 Å². The summed E-state index contributed by atoms with van der Waals surface area (Å²) < 4.78 is 0. The Morgan fingerprint density at radius 2 is 1.00 bits per heavy atom. The molecule has 0 aliphatic heterocycles. The summed E-state index contributed by atoms with van der Waals surface area (Å²) in [6.45, 7) is 1.70. The molecule has 8 heteroatoms. The van der Waals surface area contributed by atoms with Crippen molar-refractivity contribution in [2.24, 2.45) is 0 Å². The topological polar surface area (TPSA) is 162 Å². The number of aliphatic hydroxyl groups is 8. The molecule has 134 valence electrons. The van der Waals surface area contributed by atoms with Crippen LogP contribution in [0, 0.1) is 0 Å². The Morgan fingerprint density at radius 3 is 1.41 bits per heavy atom. The molecule has 0 bridgehead atoms. The molecule has 8 N–H and O–H groups in total. The molecule has 0 aromatic rings. The first-order valence-electron chi connectivity index (χ1n) is 7.65. The molecule has 0 aromatic heterocycles. The van der Waals surface area contributed by atoms with Crippen LogP contribution in [-0.4, -0.2) is 90.2 Å². The van der Waals surface area contributed by atoms with Crippen LogP contribution < -0.4 is 0 Å². The summed E-state index contributed by atoms with van der Waals surface area (Å²) in [5.74, 6) is 0. The lowest BCUT2D eigenvalue weighted by Gasteiger charge is -2.32. The van der Waals surface area contributed by atoms with Gasteiger partial charge in [0.2, 0.25) is 0 Å². The van der Waals surface area contributed by atoms with Gasteiger partial charge in [0.05, 0.1) is 12.2 Å². The summed E-state index contributed by atoms with van der Waals surface area (Å²) in [6.07, 6.45) is -10.0. The number of rotatable bonds is 12. The van der Waals surface area contributed by atoms with Gasteiger partial charge >= 0.3 is 0 Å². The zero-order valence-corrected chi connectivity index (χ0v) is 12.9. The van der Waals surface area contributed by atoms with Crippen molar-refractivity contribution in [1.82, 2.24) is 0 Å². The van der Waals surface area contributed by atoms with E-state index >= 15 is 0 Å². The molecule has 0 spiro atoms. The maximum absolute atomic E-state index is 9.78. The van der Waals surface area contributed by atoms with E-state index in [1.807, 2.05) is 0 Å². The highest BCUT2D eigenvalue weighted by molar-refractivity contribution is 4.89. The molecule has 0 rings (SSSR count). The van der Waals surface area contributed by atoms with Gasteiger partial charge in [0.1, 0.15) is 30.5 Å². The molecule has 0 aliphatic carbocycles. The number of hydrogen-bond acceptors (Lipinski definition) is 8. The molecule has 0 saturated carbocycles. The van der Waals surface area contributed by atoms with Crippen molar-refractivity contribution in [3.8, 4) is 0 Å². The van der Waals surface area contributed by atoms with Gasteiger partial charge < -0.3 is 40.9 Å². The fourth-order valence-electron chi connectivity index (χ4n) is 2.16. The smallest absolute Gasteiger partial charge is 0.111 e. The molecule has 0 amide bonds. The predicted molar refractivity (Wildman–Crippen MR) is 77.9 cm³/mol. The third-order valence-electron chi connectivity index (χ3n) is 3.68. The van der Waals surface area contributed by atoms with Crippen LogP contribution in [0.5, 0.6) is 0 Å². The van der Waals surface area contributed by atoms with Crippen molar-refractivity contribution in [2.75, 3.05) is 6.61 Å². The van der Waals surface area contributed by atoms with Gasteiger partial charge in [0, 0.05) is 6.61 Å². The van der Waals surface area contributed by atoms with Gasteiger partial charge in [-0.25, -0.2) is 0 Å². The number of aliphatic hydroxyl groups excluding tert-OH is 8. The van der Waals surface area contributed by atoms with Gasteiger partial charge in [0.25, 0.3) is 0 Å². The lowest BCUT2D eigenvalue weighted by Crippen LogP contribution is -2.54. The maximum atomic E-state index is 9.78. The Kier molecular flexibility index (Phi) is 11.1. The Balaban J connectivity index is 4.51. The first-order chi connectivity index (χ1) is 10.3. The van der Waals surface area contributed by atoms with Gasteiger partial charge in [-0.2, -0.15) is 0 Å². The standard InChI is InChI=1S/C14H30O8/c1-2-5-8(16)10(18)12(20)14(22)13(21)11(19)9(17)6-3-4-7-15/h8-22H,2-7H2,1H3/t8-,9-,10-,11+,12-,13-,14-/m0/s1. The Labute approximate surface area is 130 Å². The predicted octanol–water partition coefficient (Wildman–Crippen LogP) is -2.52. The van der Waals surface area contributed by atoms with Gasteiger partial charge in [-0.15, -0.1) is 0 Å². The van der Waals surface area contributed by atoms with Gasteiger partial charge in [0.15, 0.2) is 0 Å². The lowest BCUT2D eigenvalue weighted by atomic mass is 9.92. The largest absolute Gasteiger partial charge is 0.396 e. The van der Waals surface area contributed by atoms with Crippen LogP contribution in [0.15, 0.2) is 0 Å². The van der Waals surface area contributed by atoms with E-state index in [0.717, 1.165) is 0 Å². The Hall–Kier alpha value is -0.320. The second kappa shape index (κ2) is 11.3. The molecule has 0 fully saturated rings. The summed E-state index contributed by atoms with van der Waals surface area (Å²) in [5, 5.41) is 76.6. The van der Waals surface area contributed by atoms with E-state index in [9.17, 15) is 35.7 Å². The average molecular weight is 326 g/mol. The van der Waals surface area contributed by atoms with E-state index < -0.39 is 42.7 Å². The van der Waals surface area contributed by atoms with Crippen LogP contribution in [0.4, 0.5) is 0 Å². The number of unbranched alkanes of at least 4 members (excludes halogenated alkanes) is 1. The first-order valence-corrected chi connectivity index (χ1v) is 7.65. The highest BCUT2D eigenvalue weighted by atomic mass is 16.4. The molecule has 0 saturated heterocycles. The quantitative estimate of drug-likeness (QED) is 0.182. The second-order valence-electron chi connectivity index (χ2n) is 5.60. The van der Waals surface area contributed by atoms with Crippen molar-refractivity contribution in [3.63, 3.8) is 0 Å². The van der Waals surface area contributed by atoms with Crippen molar-refractivity contribution < 1.29 is 40.9 Å². The van der Waals surface area contributed by atoms with E-state index in [-0.39, 0.29) is 19.4 Å². The first kappa shape index (κ1) is 21.7. The lowest BCUT2D eigenvalue weighted by molar-refractivity contribution is -0.167. The van der Waals surface area contributed by atoms with Crippen molar-refractivity contribution >= 4 is 0 Å². The minimum Gasteiger partial charge on any atom is -0.396 e. The monoisotopic (exact) mass is 326 g/mol. The van der Waals surface area contributed by atoms with Gasteiger partial charge in [-0.1, -0.05) is 13.3 Å². The summed E-state index contributed by atoms with van der Waals surface area (Å²) in [4.78, 5) is 0. The number of hydrogen-bond donors (Lipinski definition) is 8. The minimum absolute atomic E-state index is 0.0613. The van der Waals surface area contributed by atoms with Crippen LogP contribution in [0.3, 0.4) is 0 Å². The molecule has 0 radical (unpaired) electrons. The highest BCUT2D eigenvalue weighted by Crippen LogP contribution is 2.16. The molecule has 22 heavy (non-hydrogen) atoms. The van der Waals surface area contributed by atoms with Gasteiger partial charge in [-0.05, 0) is 25.7 Å². The summed E-state index contributed by atoms with van der Waals surface area (Å²) in [7, 11) is 0. The van der Waals surface area contributed by atoms with E-state index in [0.29, 0.717) is 19.3 Å². The molecule has 0 unspecified atom stereocenters. The molecule has 0 aliphatic rings. The molecule has 0 heterocycles. The summed E-state index contributed by atoms with van der Waals surface area (Å²) in [6, 6.07) is 0. The molecule has 8 nitrogen and oxygen atoms in total. The van der Waals surface area contributed by atoms with E-state index in [4.69, 9.17) is 5.11 Å². The normalized spacial score (nSPS) is 21.7. The van der Waals surface area contributed by atoms with Crippen LogP contribution in [-0.2, 0) is 0 Å². The van der Waals surface area contributed by atoms with Crippen LogP contribution in [0.2, 0.25) is 0 Å². The van der Waals surface area contributed by atoms with E-state index in [1.165, 1.54) is 0 Å². The molecular weight excluding hydrogens is 296 g/mol. The molecular formula is C14H30O8. The zero-order chi connectivity index (χ0) is 17.3. The van der Waals surface area contributed by atoms with E-state index in [2.05, 4.69) is 0 Å². The molecule has 7 atom stereocenters. The van der Waals surface area contributed by atoms with Crippen LogP contribution in [0.1, 0.15) is 39.0 Å². The van der Waals surface area contributed by atoms with Crippen molar-refractivity contribution in [3.05, 3.63) is 0 Å². The average Bonchev–Trinajstić information content (AvgIpc) is 2.51. The molecule has 0 aromatic carbocycles. The summed E-state index contributed by atoms with van der Waals surface area (Å²) in [5.41, 5.74) is 0. The minimum atomic E-state index is -1.93. The zero-order valence-electron chi connectivity index (χ0n) is 12.9. The Morgan fingerprint density at radius 1 is 0.591 bits per heavy atom. The SMILES string of the molecule is CCC[C@H](O)[C@H](O)[C@H](O)[C@H](O)[C@@H](O)[C@H](O)[C@@H](O)CCCCO. The Bertz CT molecular complexity index is 278. The van der Waals surface area contributed by atoms with Crippen molar-refractivity contribution in [2.45, 2.75) is 81.8 Å².